The van der Waals surface area contributed by atoms with Crippen LogP contribution in [0.2, 0.25) is 5.02 Å². The summed E-state index contributed by atoms with van der Waals surface area (Å²) >= 11 is 5.73. The third-order valence-corrected chi connectivity index (χ3v) is 2.14. The highest BCUT2D eigenvalue weighted by atomic mass is 35.5. The summed E-state index contributed by atoms with van der Waals surface area (Å²) in [6, 6.07) is 2.69. The minimum absolute atomic E-state index is 0.0220. The zero-order valence-electron chi connectivity index (χ0n) is 8.84. The molecular formula is C9H8ClN3O5. The van der Waals surface area contributed by atoms with Gasteiger partial charge < -0.3 is 15.7 Å². The predicted molar refractivity (Wildman–Crippen MR) is 62.8 cm³/mol. The molecule has 0 unspecified atom stereocenters. The minimum atomic E-state index is -1.21. The van der Waals surface area contributed by atoms with Crippen molar-refractivity contribution in [1.29, 1.82) is 0 Å². The van der Waals surface area contributed by atoms with Gasteiger partial charge in [0.25, 0.3) is 5.69 Å². The standard InChI is InChI=1S/C9H8ClN3O5/c10-6-2-1-5(13(17)18)3-7(6)12-9(16)11-4-8(14)15/h1-3H,4H2,(H,14,15)(H2,11,12,16). The van der Waals surface area contributed by atoms with E-state index in [2.05, 4.69) is 5.32 Å². The maximum absolute atomic E-state index is 11.2. The summed E-state index contributed by atoms with van der Waals surface area (Å²) in [5, 5.41) is 23.2. The van der Waals surface area contributed by atoms with Crippen LogP contribution in [0.1, 0.15) is 0 Å². The highest BCUT2D eigenvalue weighted by Gasteiger charge is 2.12. The van der Waals surface area contributed by atoms with E-state index in [4.69, 9.17) is 16.7 Å². The van der Waals surface area contributed by atoms with Gasteiger partial charge in [-0.1, -0.05) is 11.6 Å². The molecule has 18 heavy (non-hydrogen) atoms. The van der Waals surface area contributed by atoms with Crippen molar-refractivity contribution in [3.63, 3.8) is 0 Å². The molecule has 0 aliphatic heterocycles. The van der Waals surface area contributed by atoms with Crippen LogP contribution >= 0.6 is 11.6 Å². The lowest BCUT2D eigenvalue weighted by atomic mass is 10.3. The number of nitrogens with zero attached hydrogens (tertiary/aromatic N) is 1. The number of urea groups is 1. The van der Waals surface area contributed by atoms with Crippen molar-refractivity contribution in [2.24, 2.45) is 0 Å². The highest BCUT2D eigenvalue weighted by Crippen LogP contribution is 2.26. The second kappa shape index (κ2) is 5.82. The van der Waals surface area contributed by atoms with Crippen molar-refractivity contribution in [1.82, 2.24) is 5.32 Å². The van der Waals surface area contributed by atoms with E-state index in [1.165, 1.54) is 12.1 Å². The topological polar surface area (TPSA) is 122 Å². The molecule has 2 amide bonds. The number of benzene rings is 1. The lowest BCUT2D eigenvalue weighted by Crippen LogP contribution is -2.33. The van der Waals surface area contributed by atoms with Crippen LogP contribution in [-0.4, -0.2) is 28.6 Å². The number of carboxylic acid groups (broad SMARTS) is 1. The summed E-state index contributed by atoms with van der Waals surface area (Å²) in [4.78, 5) is 31.3. The molecule has 3 N–H and O–H groups in total. The molecule has 0 aromatic heterocycles. The Morgan fingerprint density at radius 2 is 2.11 bits per heavy atom. The van der Waals surface area contributed by atoms with Crippen LogP contribution in [0.5, 0.6) is 0 Å². The van der Waals surface area contributed by atoms with Gasteiger partial charge in [-0.15, -0.1) is 0 Å². The Balaban J connectivity index is 2.77. The van der Waals surface area contributed by atoms with Crippen molar-refractivity contribution in [2.75, 3.05) is 11.9 Å². The number of halogens is 1. The number of carbonyl (C=O) groups excluding carboxylic acids is 1. The molecule has 8 nitrogen and oxygen atoms in total. The van der Waals surface area contributed by atoms with E-state index >= 15 is 0 Å². The molecule has 0 heterocycles. The van der Waals surface area contributed by atoms with E-state index in [9.17, 15) is 19.7 Å². The van der Waals surface area contributed by atoms with Crippen LogP contribution in [0.4, 0.5) is 16.2 Å². The number of nitro groups is 1. The summed E-state index contributed by atoms with van der Waals surface area (Å²) < 4.78 is 0. The quantitative estimate of drug-likeness (QED) is 0.566. The average molecular weight is 274 g/mol. The first kappa shape index (κ1) is 13.7. The van der Waals surface area contributed by atoms with Gasteiger partial charge in [0.15, 0.2) is 0 Å². The molecule has 0 aliphatic rings. The van der Waals surface area contributed by atoms with Crippen molar-refractivity contribution in [3.05, 3.63) is 33.3 Å². The zero-order valence-corrected chi connectivity index (χ0v) is 9.60. The molecule has 0 fully saturated rings. The van der Waals surface area contributed by atoms with E-state index in [0.29, 0.717) is 0 Å². The third-order valence-electron chi connectivity index (χ3n) is 1.81. The maximum atomic E-state index is 11.2. The van der Waals surface area contributed by atoms with E-state index in [-0.39, 0.29) is 16.4 Å². The van der Waals surface area contributed by atoms with E-state index in [1.807, 2.05) is 5.32 Å². The number of carboxylic acids is 1. The zero-order chi connectivity index (χ0) is 13.7. The van der Waals surface area contributed by atoms with Gasteiger partial charge in [0, 0.05) is 12.1 Å². The summed E-state index contributed by atoms with van der Waals surface area (Å²) in [6.45, 7) is -0.571. The summed E-state index contributed by atoms with van der Waals surface area (Å²) in [5.41, 5.74) is -0.221. The first-order valence-electron chi connectivity index (χ1n) is 4.60. The molecule has 0 spiro atoms. The second-order valence-electron chi connectivity index (χ2n) is 3.12. The Kier molecular flexibility index (Phi) is 4.44. The van der Waals surface area contributed by atoms with Crippen molar-refractivity contribution >= 4 is 35.0 Å². The fourth-order valence-electron chi connectivity index (χ4n) is 1.05. The fourth-order valence-corrected chi connectivity index (χ4v) is 1.21. The molecule has 1 aromatic carbocycles. The van der Waals surface area contributed by atoms with Crippen LogP contribution in [0.15, 0.2) is 18.2 Å². The summed E-state index contributed by atoms with van der Waals surface area (Å²) in [7, 11) is 0. The SMILES string of the molecule is O=C(O)CNC(=O)Nc1cc([N+](=O)[O-])ccc1Cl. The van der Waals surface area contributed by atoms with Gasteiger partial charge in [-0.05, 0) is 6.07 Å². The second-order valence-corrected chi connectivity index (χ2v) is 3.53. The normalized spacial score (nSPS) is 9.61. The van der Waals surface area contributed by atoms with Crippen LogP contribution < -0.4 is 10.6 Å². The average Bonchev–Trinajstić information content (AvgIpc) is 2.29. The van der Waals surface area contributed by atoms with Crippen molar-refractivity contribution in [3.8, 4) is 0 Å². The molecule has 9 heteroatoms. The van der Waals surface area contributed by atoms with E-state index in [1.54, 1.807) is 0 Å². The van der Waals surface area contributed by atoms with Gasteiger partial charge in [-0.25, -0.2) is 4.79 Å². The first-order chi connectivity index (χ1) is 8.40. The summed E-state index contributed by atoms with van der Waals surface area (Å²) in [5.74, 6) is -1.21. The van der Waals surface area contributed by atoms with Gasteiger partial charge in [0.2, 0.25) is 0 Å². The van der Waals surface area contributed by atoms with Crippen LogP contribution in [0.25, 0.3) is 0 Å². The van der Waals surface area contributed by atoms with E-state index < -0.39 is 23.5 Å². The molecule has 0 saturated carbocycles. The lowest BCUT2D eigenvalue weighted by molar-refractivity contribution is -0.384. The van der Waals surface area contributed by atoms with Gasteiger partial charge in [-0.3, -0.25) is 14.9 Å². The number of carbonyl (C=O) groups is 2. The molecule has 0 atom stereocenters. The lowest BCUT2D eigenvalue weighted by Gasteiger charge is -2.07. The number of nitro benzene ring substituents is 1. The van der Waals surface area contributed by atoms with Crippen molar-refractivity contribution < 1.29 is 19.6 Å². The minimum Gasteiger partial charge on any atom is -0.480 e. The van der Waals surface area contributed by atoms with Gasteiger partial charge in [0.05, 0.1) is 15.6 Å². The molecule has 96 valence electrons. The van der Waals surface area contributed by atoms with Crippen LogP contribution in [0.3, 0.4) is 0 Å². The van der Waals surface area contributed by atoms with Crippen LogP contribution in [0, 0.1) is 10.1 Å². The maximum Gasteiger partial charge on any atom is 0.323 e. The number of aliphatic carboxylic acids is 1. The van der Waals surface area contributed by atoms with Gasteiger partial charge in [0.1, 0.15) is 6.54 Å². The summed E-state index contributed by atoms with van der Waals surface area (Å²) in [6.07, 6.45) is 0. The number of anilines is 1. The molecule has 0 saturated heterocycles. The Morgan fingerprint density at radius 1 is 1.44 bits per heavy atom. The number of rotatable bonds is 4. The Morgan fingerprint density at radius 3 is 2.67 bits per heavy atom. The Bertz CT molecular complexity index is 505. The molecule has 0 bridgehead atoms. The molecule has 1 rings (SSSR count). The highest BCUT2D eigenvalue weighted by molar-refractivity contribution is 6.33. The van der Waals surface area contributed by atoms with E-state index in [0.717, 1.165) is 6.07 Å². The number of non-ortho nitro benzene ring substituents is 1. The smallest absolute Gasteiger partial charge is 0.323 e. The molecule has 0 aliphatic carbocycles. The fraction of sp³-hybridized carbons (Fsp3) is 0.111. The predicted octanol–water partition coefficient (Wildman–Crippen LogP) is 1.45. The van der Waals surface area contributed by atoms with Crippen molar-refractivity contribution in [2.45, 2.75) is 0 Å². The number of hydrogen-bond acceptors (Lipinski definition) is 4. The number of nitrogens with one attached hydrogen (secondary N) is 2. The van der Waals surface area contributed by atoms with Gasteiger partial charge in [-0.2, -0.15) is 0 Å². The monoisotopic (exact) mass is 273 g/mol. The molecule has 1 aromatic rings. The Labute approximate surface area is 106 Å². The molecule has 0 radical (unpaired) electrons. The number of hydrogen-bond donors (Lipinski definition) is 3. The van der Waals surface area contributed by atoms with Crippen LogP contribution in [-0.2, 0) is 4.79 Å². The molecular weight excluding hydrogens is 266 g/mol. The largest absolute Gasteiger partial charge is 0.480 e. The third kappa shape index (κ3) is 3.91. The Hall–Kier alpha value is -2.35. The number of amides is 2. The van der Waals surface area contributed by atoms with Gasteiger partial charge >= 0.3 is 12.0 Å². The first-order valence-corrected chi connectivity index (χ1v) is 4.98.